The maximum absolute atomic E-state index is 5.69. The largest absolute Gasteiger partial charge is 0.431 e. The van der Waals surface area contributed by atoms with E-state index in [0.29, 0.717) is 5.69 Å². The van der Waals surface area contributed by atoms with E-state index < -0.39 is 0 Å². The predicted octanol–water partition coefficient (Wildman–Crippen LogP) is 3.94. The van der Waals surface area contributed by atoms with Crippen LogP contribution in [-0.4, -0.2) is 10.7 Å². The molecule has 2 N–H and O–H groups in total. The van der Waals surface area contributed by atoms with Crippen molar-refractivity contribution in [1.82, 2.24) is 4.98 Å². The fraction of sp³-hybridized carbons (Fsp3) is 0.462. The van der Waals surface area contributed by atoms with Crippen molar-refractivity contribution in [3.8, 4) is 0 Å². The number of hydrogen-bond acceptors (Lipinski definition) is 4. The van der Waals surface area contributed by atoms with Crippen molar-refractivity contribution in [3.63, 3.8) is 0 Å². The monoisotopic (exact) mass is 250 g/mol. The quantitative estimate of drug-likeness (QED) is 0.496. The van der Waals surface area contributed by atoms with Crippen LogP contribution in [0.15, 0.2) is 27.8 Å². The zero-order valence-corrected chi connectivity index (χ0v) is 11.1. The fourth-order valence-electron chi connectivity index (χ4n) is 1.63. The molecule has 0 atom stereocenters. The lowest BCUT2D eigenvalue weighted by molar-refractivity contribution is 0.488. The molecule has 0 amide bonds. The van der Waals surface area contributed by atoms with Crippen LogP contribution in [0, 0.1) is 5.92 Å². The predicted molar refractivity (Wildman–Crippen MR) is 73.2 cm³/mol. The van der Waals surface area contributed by atoms with Gasteiger partial charge in [-0.3, -0.25) is 0 Å². The van der Waals surface area contributed by atoms with Crippen molar-refractivity contribution >= 4 is 28.5 Å². The molecule has 0 bridgehead atoms. The standard InChI is InChI=1S/C13H18N2OS/c1-9(2)4-3-7-17-13-15-11-6-5-10(14)8-12(11)16-13/h5-6,8-9H,3-4,7,14H2,1-2H3. The highest BCUT2D eigenvalue weighted by molar-refractivity contribution is 7.99. The lowest BCUT2D eigenvalue weighted by Gasteiger charge is -2.01. The van der Waals surface area contributed by atoms with Crippen LogP contribution in [0.25, 0.3) is 11.1 Å². The van der Waals surface area contributed by atoms with E-state index in [1.807, 2.05) is 18.2 Å². The highest BCUT2D eigenvalue weighted by Crippen LogP contribution is 2.25. The molecule has 0 saturated carbocycles. The van der Waals surface area contributed by atoms with E-state index >= 15 is 0 Å². The van der Waals surface area contributed by atoms with Crippen LogP contribution in [0.4, 0.5) is 5.69 Å². The Balaban J connectivity index is 1.95. The first kappa shape index (κ1) is 12.3. The number of anilines is 1. The molecule has 0 saturated heterocycles. The minimum absolute atomic E-state index is 0.713. The van der Waals surface area contributed by atoms with Gasteiger partial charge in [-0.1, -0.05) is 32.0 Å². The number of rotatable bonds is 5. The van der Waals surface area contributed by atoms with Crippen LogP contribution in [0.5, 0.6) is 0 Å². The van der Waals surface area contributed by atoms with Gasteiger partial charge < -0.3 is 10.2 Å². The highest BCUT2D eigenvalue weighted by atomic mass is 32.2. The second-order valence-electron chi connectivity index (χ2n) is 4.59. The van der Waals surface area contributed by atoms with E-state index in [1.165, 1.54) is 12.8 Å². The second kappa shape index (κ2) is 5.45. The number of benzene rings is 1. The van der Waals surface area contributed by atoms with Crippen molar-refractivity contribution in [1.29, 1.82) is 0 Å². The van der Waals surface area contributed by atoms with Gasteiger partial charge in [0.15, 0.2) is 5.58 Å². The Morgan fingerprint density at radius 1 is 1.41 bits per heavy atom. The molecule has 3 nitrogen and oxygen atoms in total. The second-order valence-corrected chi connectivity index (χ2v) is 5.64. The summed E-state index contributed by atoms with van der Waals surface area (Å²) in [6.45, 7) is 4.49. The van der Waals surface area contributed by atoms with E-state index in [-0.39, 0.29) is 0 Å². The first-order chi connectivity index (χ1) is 8.15. The van der Waals surface area contributed by atoms with Gasteiger partial charge in [0.1, 0.15) is 5.52 Å². The van der Waals surface area contributed by atoms with Gasteiger partial charge in [0.25, 0.3) is 5.22 Å². The van der Waals surface area contributed by atoms with Crippen LogP contribution in [0.2, 0.25) is 0 Å². The molecule has 0 aliphatic heterocycles. The molecule has 1 aromatic heterocycles. The molecule has 0 unspecified atom stereocenters. The third-order valence-electron chi connectivity index (χ3n) is 2.54. The smallest absolute Gasteiger partial charge is 0.256 e. The van der Waals surface area contributed by atoms with Gasteiger partial charge in [0.2, 0.25) is 0 Å². The zero-order valence-electron chi connectivity index (χ0n) is 10.3. The van der Waals surface area contributed by atoms with Gasteiger partial charge in [-0.05, 0) is 24.5 Å². The summed E-state index contributed by atoms with van der Waals surface area (Å²) < 4.78 is 5.63. The van der Waals surface area contributed by atoms with Crippen molar-refractivity contribution in [3.05, 3.63) is 18.2 Å². The molecule has 2 aromatic rings. The van der Waals surface area contributed by atoms with Crippen molar-refractivity contribution in [2.45, 2.75) is 31.9 Å². The van der Waals surface area contributed by atoms with Gasteiger partial charge in [-0.15, -0.1) is 0 Å². The zero-order chi connectivity index (χ0) is 12.3. The van der Waals surface area contributed by atoms with E-state index in [0.717, 1.165) is 28.0 Å². The Kier molecular flexibility index (Phi) is 3.94. The number of thioether (sulfide) groups is 1. The van der Waals surface area contributed by atoms with Gasteiger partial charge >= 0.3 is 0 Å². The first-order valence-electron chi connectivity index (χ1n) is 5.94. The summed E-state index contributed by atoms with van der Waals surface area (Å²) in [6, 6.07) is 5.56. The van der Waals surface area contributed by atoms with Crippen molar-refractivity contribution < 1.29 is 4.42 Å². The van der Waals surface area contributed by atoms with E-state index in [9.17, 15) is 0 Å². The lowest BCUT2D eigenvalue weighted by Crippen LogP contribution is -1.88. The number of oxazole rings is 1. The van der Waals surface area contributed by atoms with Crippen LogP contribution in [0.1, 0.15) is 26.7 Å². The Labute approximate surface area is 106 Å². The van der Waals surface area contributed by atoms with E-state index in [1.54, 1.807) is 11.8 Å². The Morgan fingerprint density at radius 2 is 2.24 bits per heavy atom. The molecule has 0 spiro atoms. The SMILES string of the molecule is CC(C)CCCSc1nc2ccc(N)cc2o1. The highest BCUT2D eigenvalue weighted by Gasteiger charge is 2.06. The molecule has 4 heteroatoms. The maximum atomic E-state index is 5.69. The number of fused-ring (bicyclic) bond motifs is 1. The van der Waals surface area contributed by atoms with Gasteiger partial charge in [0, 0.05) is 17.5 Å². The van der Waals surface area contributed by atoms with Gasteiger partial charge in [-0.25, -0.2) is 4.98 Å². The Hall–Kier alpha value is -1.16. The molecule has 1 aromatic carbocycles. The minimum Gasteiger partial charge on any atom is -0.431 e. The van der Waals surface area contributed by atoms with Gasteiger partial charge in [-0.2, -0.15) is 0 Å². The lowest BCUT2D eigenvalue weighted by atomic mass is 10.1. The topological polar surface area (TPSA) is 52.0 Å². The summed E-state index contributed by atoms with van der Waals surface area (Å²) in [5.74, 6) is 1.82. The molecule has 0 aliphatic rings. The van der Waals surface area contributed by atoms with Crippen molar-refractivity contribution in [2.24, 2.45) is 5.92 Å². The number of hydrogen-bond donors (Lipinski definition) is 1. The molecule has 92 valence electrons. The molecular formula is C13H18N2OS. The van der Waals surface area contributed by atoms with E-state index in [2.05, 4.69) is 18.8 Å². The number of aromatic nitrogens is 1. The average molecular weight is 250 g/mol. The van der Waals surface area contributed by atoms with E-state index in [4.69, 9.17) is 10.2 Å². The maximum Gasteiger partial charge on any atom is 0.256 e. The summed E-state index contributed by atoms with van der Waals surface area (Å²) in [4.78, 5) is 4.41. The number of nitrogens with two attached hydrogens (primary N) is 1. The summed E-state index contributed by atoms with van der Waals surface area (Å²) >= 11 is 1.68. The third-order valence-corrected chi connectivity index (χ3v) is 3.46. The van der Waals surface area contributed by atoms with Crippen LogP contribution in [-0.2, 0) is 0 Å². The van der Waals surface area contributed by atoms with Crippen molar-refractivity contribution in [2.75, 3.05) is 11.5 Å². The molecule has 17 heavy (non-hydrogen) atoms. The fourth-order valence-corrected chi connectivity index (χ4v) is 2.43. The van der Waals surface area contributed by atoms with Crippen LogP contribution in [0.3, 0.4) is 0 Å². The molecule has 2 rings (SSSR count). The average Bonchev–Trinajstić information content (AvgIpc) is 2.66. The molecular weight excluding hydrogens is 232 g/mol. The normalized spacial score (nSPS) is 11.5. The number of nitrogens with zero attached hydrogens (tertiary/aromatic N) is 1. The summed E-state index contributed by atoms with van der Waals surface area (Å²) in [7, 11) is 0. The molecule has 1 heterocycles. The van der Waals surface area contributed by atoms with Gasteiger partial charge in [0.05, 0.1) is 0 Å². The minimum atomic E-state index is 0.713. The first-order valence-corrected chi connectivity index (χ1v) is 6.92. The summed E-state index contributed by atoms with van der Waals surface area (Å²) in [5.41, 5.74) is 8.06. The third kappa shape index (κ3) is 3.40. The molecule has 0 fully saturated rings. The molecule has 0 aliphatic carbocycles. The summed E-state index contributed by atoms with van der Waals surface area (Å²) in [5, 5.41) is 0.745. The Bertz CT molecular complexity index is 493. The molecule has 0 radical (unpaired) electrons. The van der Waals surface area contributed by atoms with Crippen LogP contribution >= 0.6 is 11.8 Å². The Morgan fingerprint density at radius 3 is 3.00 bits per heavy atom. The number of nitrogen functional groups attached to an aromatic ring is 1. The summed E-state index contributed by atoms with van der Waals surface area (Å²) in [6.07, 6.45) is 2.45. The van der Waals surface area contributed by atoms with Crippen LogP contribution < -0.4 is 5.73 Å².